The summed E-state index contributed by atoms with van der Waals surface area (Å²) in [5.41, 5.74) is 1.41. The van der Waals surface area contributed by atoms with Crippen LogP contribution < -0.4 is 0 Å². The highest BCUT2D eigenvalue weighted by molar-refractivity contribution is 6.74. The molecule has 0 saturated carbocycles. The number of hydrogen-bond donors (Lipinski definition) is 0. The van der Waals surface area contributed by atoms with Crippen LogP contribution in [0.4, 0.5) is 0 Å². The first-order valence-corrected chi connectivity index (χ1v) is 9.15. The van der Waals surface area contributed by atoms with Gasteiger partial charge in [0.05, 0.1) is 6.61 Å². The summed E-state index contributed by atoms with van der Waals surface area (Å²) in [7, 11) is -1.78. The largest absolute Gasteiger partial charge is 0.412 e. The van der Waals surface area contributed by atoms with Crippen molar-refractivity contribution in [1.82, 2.24) is 4.98 Å². The predicted octanol–water partition coefficient (Wildman–Crippen LogP) is 3.81. The van der Waals surface area contributed by atoms with Crippen LogP contribution in [0.15, 0.2) is 18.3 Å². The molecule has 0 unspecified atom stereocenters. The maximum Gasteiger partial charge on any atom is 0.192 e. The number of carbonyl (C=O) groups is 1. The van der Waals surface area contributed by atoms with E-state index in [1.807, 2.05) is 12.1 Å². The van der Waals surface area contributed by atoms with Crippen molar-refractivity contribution in [2.24, 2.45) is 0 Å². The molecular formula is C14H23NO2Si. The van der Waals surface area contributed by atoms with Crippen molar-refractivity contribution in [3.63, 3.8) is 0 Å². The van der Waals surface area contributed by atoms with Gasteiger partial charge in [-0.1, -0.05) is 26.8 Å². The summed E-state index contributed by atoms with van der Waals surface area (Å²) in [5.74, 6) is -0.00979. The number of pyridine rings is 1. The summed E-state index contributed by atoms with van der Waals surface area (Å²) in [4.78, 5) is 15.6. The van der Waals surface area contributed by atoms with Gasteiger partial charge in [0.2, 0.25) is 0 Å². The quantitative estimate of drug-likeness (QED) is 0.614. The van der Waals surface area contributed by atoms with E-state index < -0.39 is 8.32 Å². The fourth-order valence-electron chi connectivity index (χ4n) is 1.35. The first-order chi connectivity index (χ1) is 8.15. The smallest absolute Gasteiger partial charge is 0.192 e. The molecule has 0 atom stereocenters. The van der Waals surface area contributed by atoms with E-state index in [9.17, 15) is 4.79 Å². The average molecular weight is 265 g/mol. The van der Waals surface area contributed by atoms with Crippen molar-refractivity contribution in [2.45, 2.75) is 52.4 Å². The third kappa shape index (κ3) is 3.49. The minimum Gasteiger partial charge on any atom is -0.412 e. The number of ketones is 1. The minimum atomic E-state index is -1.78. The fraction of sp³-hybridized carbons (Fsp3) is 0.571. The van der Waals surface area contributed by atoms with E-state index >= 15 is 0 Å². The normalized spacial score (nSPS) is 12.6. The molecular weight excluding hydrogens is 242 g/mol. The van der Waals surface area contributed by atoms with E-state index in [1.54, 1.807) is 6.20 Å². The molecule has 0 aromatic carbocycles. The number of hydrogen-bond acceptors (Lipinski definition) is 3. The van der Waals surface area contributed by atoms with Gasteiger partial charge in [-0.2, -0.15) is 0 Å². The number of aromatic nitrogens is 1. The van der Waals surface area contributed by atoms with Crippen LogP contribution in [0.2, 0.25) is 18.1 Å². The summed E-state index contributed by atoms with van der Waals surface area (Å²) < 4.78 is 6.12. The van der Waals surface area contributed by atoms with E-state index in [2.05, 4.69) is 38.8 Å². The SMILES string of the molecule is CC(=O)c1ncccc1CO[Si](C)(C)C(C)(C)C. The summed E-state index contributed by atoms with van der Waals surface area (Å²) in [6.45, 7) is 13.0. The van der Waals surface area contributed by atoms with Crippen molar-refractivity contribution in [3.05, 3.63) is 29.6 Å². The third-order valence-electron chi connectivity index (χ3n) is 3.62. The number of rotatable bonds is 4. The van der Waals surface area contributed by atoms with Crippen LogP contribution in [-0.2, 0) is 11.0 Å². The Morgan fingerprint density at radius 1 is 1.39 bits per heavy atom. The number of Topliss-reactive ketones (excluding diaryl/α,β-unsaturated/α-hetero) is 1. The van der Waals surface area contributed by atoms with E-state index in [-0.39, 0.29) is 10.8 Å². The Morgan fingerprint density at radius 2 is 2.00 bits per heavy atom. The highest BCUT2D eigenvalue weighted by atomic mass is 28.4. The molecule has 0 spiro atoms. The predicted molar refractivity (Wildman–Crippen MR) is 76.2 cm³/mol. The Balaban J connectivity index is 2.85. The Labute approximate surface area is 111 Å². The van der Waals surface area contributed by atoms with Crippen LogP contribution in [-0.4, -0.2) is 19.1 Å². The Hall–Kier alpha value is -1.00. The first-order valence-electron chi connectivity index (χ1n) is 6.24. The standard InChI is InChI=1S/C14H23NO2Si/c1-11(16)13-12(8-7-9-15-13)10-17-18(5,6)14(2,3)4/h7-9H,10H2,1-6H3. The summed E-state index contributed by atoms with van der Waals surface area (Å²) >= 11 is 0. The van der Waals surface area contributed by atoms with Gasteiger partial charge < -0.3 is 4.43 Å². The Kier molecular flexibility index (Phi) is 4.45. The van der Waals surface area contributed by atoms with Crippen molar-refractivity contribution in [1.29, 1.82) is 0 Å². The van der Waals surface area contributed by atoms with E-state index in [4.69, 9.17) is 4.43 Å². The maximum absolute atomic E-state index is 11.5. The molecule has 1 heterocycles. The van der Waals surface area contributed by atoms with Gasteiger partial charge in [0.15, 0.2) is 14.1 Å². The monoisotopic (exact) mass is 265 g/mol. The topological polar surface area (TPSA) is 39.2 Å². The lowest BCUT2D eigenvalue weighted by atomic mass is 10.1. The molecule has 0 bridgehead atoms. The minimum absolute atomic E-state index is 0.00979. The summed E-state index contributed by atoms with van der Waals surface area (Å²) in [6, 6.07) is 3.76. The van der Waals surface area contributed by atoms with Crippen LogP contribution in [0, 0.1) is 0 Å². The molecule has 0 aliphatic heterocycles. The average Bonchev–Trinajstić information content (AvgIpc) is 2.25. The Morgan fingerprint density at radius 3 is 2.50 bits per heavy atom. The molecule has 3 nitrogen and oxygen atoms in total. The lowest BCUT2D eigenvalue weighted by Crippen LogP contribution is -2.40. The molecule has 18 heavy (non-hydrogen) atoms. The van der Waals surface area contributed by atoms with Gasteiger partial charge in [-0.25, -0.2) is 0 Å². The maximum atomic E-state index is 11.5. The number of carbonyl (C=O) groups excluding carboxylic acids is 1. The van der Waals surface area contributed by atoms with Crippen LogP contribution in [0.3, 0.4) is 0 Å². The highest BCUT2D eigenvalue weighted by Crippen LogP contribution is 2.37. The highest BCUT2D eigenvalue weighted by Gasteiger charge is 2.37. The van der Waals surface area contributed by atoms with Crippen molar-refractivity contribution in [3.8, 4) is 0 Å². The van der Waals surface area contributed by atoms with Crippen molar-refractivity contribution < 1.29 is 9.22 Å². The second kappa shape index (κ2) is 5.32. The second-order valence-electron chi connectivity index (χ2n) is 6.12. The van der Waals surface area contributed by atoms with Crippen molar-refractivity contribution in [2.75, 3.05) is 0 Å². The summed E-state index contributed by atoms with van der Waals surface area (Å²) in [5, 5.41) is 0.172. The van der Waals surface area contributed by atoms with E-state index in [1.165, 1.54) is 6.92 Å². The van der Waals surface area contributed by atoms with Gasteiger partial charge in [-0.05, 0) is 24.2 Å². The van der Waals surface area contributed by atoms with Crippen LogP contribution in [0.25, 0.3) is 0 Å². The zero-order valence-corrected chi connectivity index (χ0v) is 13.2. The molecule has 0 N–H and O–H groups in total. The van der Waals surface area contributed by atoms with E-state index in [0.29, 0.717) is 12.3 Å². The molecule has 0 aliphatic rings. The van der Waals surface area contributed by atoms with Gasteiger partial charge >= 0.3 is 0 Å². The molecule has 1 aromatic heterocycles. The lowest BCUT2D eigenvalue weighted by molar-refractivity contribution is 0.101. The zero-order valence-electron chi connectivity index (χ0n) is 12.2. The Bertz CT molecular complexity index is 436. The van der Waals surface area contributed by atoms with Gasteiger partial charge in [0.25, 0.3) is 0 Å². The van der Waals surface area contributed by atoms with Crippen LogP contribution >= 0.6 is 0 Å². The molecule has 1 aromatic rings. The first kappa shape index (κ1) is 15.1. The lowest BCUT2D eigenvalue weighted by Gasteiger charge is -2.36. The molecule has 4 heteroatoms. The number of nitrogens with zero attached hydrogens (tertiary/aromatic N) is 1. The fourth-order valence-corrected chi connectivity index (χ4v) is 2.30. The zero-order chi connectivity index (χ0) is 14.0. The van der Waals surface area contributed by atoms with Crippen molar-refractivity contribution >= 4 is 14.1 Å². The molecule has 1 rings (SSSR count). The van der Waals surface area contributed by atoms with Crippen LogP contribution in [0.1, 0.15) is 43.7 Å². The molecule has 0 saturated heterocycles. The summed E-state index contributed by atoms with van der Waals surface area (Å²) in [6.07, 6.45) is 1.65. The molecule has 0 amide bonds. The van der Waals surface area contributed by atoms with Crippen LogP contribution in [0.5, 0.6) is 0 Å². The van der Waals surface area contributed by atoms with Gasteiger partial charge in [-0.3, -0.25) is 9.78 Å². The van der Waals surface area contributed by atoms with Gasteiger partial charge in [-0.15, -0.1) is 0 Å². The second-order valence-corrected chi connectivity index (χ2v) is 10.9. The molecule has 100 valence electrons. The molecule has 0 aliphatic carbocycles. The molecule has 0 fully saturated rings. The van der Waals surface area contributed by atoms with Gasteiger partial charge in [0.1, 0.15) is 5.69 Å². The van der Waals surface area contributed by atoms with Gasteiger partial charge in [0, 0.05) is 18.7 Å². The third-order valence-corrected chi connectivity index (χ3v) is 8.10. The van der Waals surface area contributed by atoms with E-state index in [0.717, 1.165) is 5.56 Å². The molecule has 0 radical (unpaired) electrons.